The van der Waals surface area contributed by atoms with Gasteiger partial charge in [-0.2, -0.15) is 0 Å². The van der Waals surface area contributed by atoms with Gasteiger partial charge in [0.2, 0.25) is 5.91 Å². The summed E-state index contributed by atoms with van der Waals surface area (Å²) in [5.74, 6) is 1.86. The highest BCUT2D eigenvalue weighted by molar-refractivity contribution is 5.95. The minimum absolute atomic E-state index is 0.256. The summed E-state index contributed by atoms with van der Waals surface area (Å²) in [5.41, 5.74) is 0.937. The normalized spacial score (nSPS) is 19.3. The number of carbonyl (C=O) groups excluding carboxylic acids is 1. The Kier molecular flexibility index (Phi) is 4.24. The fourth-order valence-electron chi connectivity index (χ4n) is 3.37. The lowest BCUT2D eigenvalue weighted by Gasteiger charge is -2.30. The van der Waals surface area contributed by atoms with E-state index in [4.69, 9.17) is 4.74 Å². The second-order valence-corrected chi connectivity index (χ2v) is 5.90. The maximum Gasteiger partial charge on any atom is 0.227 e. The van der Waals surface area contributed by atoms with Gasteiger partial charge in [0, 0.05) is 6.42 Å². The summed E-state index contributed by atoms with van der Waals surface area (Å²) in [4.78, 5) is 14.4. The fourth-order valence-corrected chi connectivity index (χ4v) is 3.37. The van der Waals surface area contributed by atoms with Gasteiger partial charge in [0.05, 0.1) is 12.2 Å². The summed E-state index contributed by atoms with van der Waals surface area (Å²) in [5, 5.41) is 0. The summed E-state index contributed by atoms with van der Waals surface area (Å²) in [7, 11) is 0. The summed E-state index contributed by atoms with van der Waals surface area (Å²) >= 11 is 0. The SMILES string of the molecule is O=C(CCC1CCCCC1)N1CCOc2ccccc21. The molecule has 1 heterocycles. The van der Waals surface area contributed by atoms with Gasteiger partial charge in [0.15, 0.2) is 0 Å². The topological polar surface area (TPSA) is 29.5 Å². The van der Waals surface area contributed by atoms with Crippen molar-refractivity contribution in [2.75, 3.05) is 18.1 Å². The van der Waals surface area contributed by atoms with Crippen LogP contribution >= 0.6 is 0 Å². The maximum absolute atomic E-state index is 12.5. The predicted molar refractivity (Wildman–Crippen MR) is 80.1 cm³/mol. The molecular formula is C17H23NO2. The average molecular weight is 273 g/mol. The summed E-state index contributed by atoms with van der Waals surface area (Å²) in [6.45, 7) is 1.28. The highest BCUT2D eigenvalue weighted by Crippen LogP contribution is 2.32. The Hall–Kier alpha value is -1.51. The fraction of sp³-hybridized carbons (Fsp3) is 0.588. The molecule has 3 heteroatoms. The van der Waals surface area contributed by atoms with Crippen molar-refractivity contribution in [3.05, 3.63) is 24.3 Å². The molecule has 2 aliphatic rings. The lowest BCUT2D eigenvalue weighted by Crippen LogP contribution is -2.38. The molecule has 0 radical (unpaired) electrons. The van der Waals surface area contributed by atoms with Crippen LogP contribution < -0.4 is 9.64 Å². The Labute approximate surface area is 120 Å². The second kappa shape index (κ2) is 6.29. The van der Waals surface area contributed by atoms with Crippen molar-refractivity contribution < 1.29 is 9.53 Å². The summed E-state index contributed by atoms with van der Waals surface area (Å²) in [6, 6.07) is 7.84. The monoisotopic (exact) mass is 273 g/mol. The van der Waals surface area contributed by atoms with Gasteiger partial charge >= 0.3 is 0 Å². The van der Waals surface area contributed by atoms with Crippen molar-refractivity contribution in [1.82, 2.24) is 0 Å². The highest BCUT2D eigenvalue weighted by Gasteiger charge is 2.24. The standard InChI is InChI=1S/C17H23NO2/c19-17(11-10-14-6-2-1-3-7-14)18-12-13-20-16-9-5-4-8-15(16)18/h4-5,8-9,14H,1-3,6-7,10-13H2. The van der Waals surface area contributed by atoms with Crippen LogP contribution in [0.3, 0.4) is 0 Å². The van der Waals surface area contributed by atoms with E-state index in [2.05, 4.69) is 0 Å². The molecule has 0 aromatic heterocycles. The highest BCUT2D eigenvalue weighted by atomic mass is 16.5. The molecule has 1 aromatic carbocycles. The van der Waals surface area contributed by atoms with Crippen molar-refractivity contribution >= 4 is 11.6 Å². The number of ether oxygens (including phenoxy) is 1. The molecule has 108 valence electrons. The second-order valence-electron chi connectivity index (χ2n) is 5.90. The van der Waals surface area contributed by atoms with Crippen LogP contribution in [0, 0.1) is 5.92 Å². The average Bonchev–Trinajstić information content (AvgIpc) is 2.53. The van der Waals surface area contributed by atoms with E-state index >= 15 is 0 Å². The van der Waals surface area contributed by atoms with Gasteiger partial charge in [-0.3, -0.25) is 4.79 Å². The van der Waals surface area contributed by atoms with E-state index < -0.39 is 0 Å². The number of para-hydroxylation sites is 2. The third-order valence-corrected chi connectivity index (χ3v) is 4.52. The van der Waals surface area contributed by atoms with Crippen LogP contribution in [-0.2, 0) is 4.79 Å². The van der Waals surface area contributed by atoms with E-state index in [-0.39, 0.29) is 5.91 Å². The van der Waals surface area contributed by atoms with Gasteiger partial charge in [-0.15, -0.1) is 0 Å². The lowest BCUT2D eigenvalue weighted by molar-refractivity contribution is -0.119. The first kappa shape index (κ1) is 13.5. The third-order valence-electron chi connectivity index (χ3n) is 4.52. The van der Waals surface area contributed by atoms with E-state index in [0.717, 1.165) is 23.8 Å². The molecule has 1 fully saturated rings. The zero-order valence-corrected chi connectivity index (χ0v) is 12.0. The van der Waals surface area contributed by atoms with Gasteiger partial charge in [-0.05, 0) is 24.5 Å². The van der Waals surface area contributed by atoms with Gasteiger partial charge in [0.1, 0.15) is 12.4 Å². The van der Waals surface area contributed by atoms with Crippen LogP contribution in [-0.4, -0.2) is 19.1 Å². The molecule has 0 N–H and O–H groups in total. The molecule has 3 rings (SSSR count). The molecule has 1 aliphatic carbocycles. The van der Waals surface area contributed by atoms with E-state index in [1.807, 2.05) is 29.2 Å². The Morgan fingerprint density at radius 2 is 2.00 bits per heavy atom. The molecule has 3 nitrogen and oxygen atoms in total. The van der Waals surface area contributed by atoms with E-state index in [0.29, 0.717) is 19.6 Å². The molecule has 0 saturated heterocycles. The first-order valence-electron chi connectivity index (χ1n) is 7.87. The van der Waals surface area contributed by atoms with Crippen LogP contribution in [0.4, 0.5) is 5.69 Å². The van der Waals surface area contributed by atoms with E-state index in [9.17, 15) is 4.79 Å². The number of hydrogen-bond acceptors (Lipinski definition) is 2. The number of carbonyl (C=O) groups is 1. The smallest absolute Gasteiger partial charge is 0.227 e. The minimum atomic E-state index is 0.256. The summed E-state index contributed by atoms with van der Waals surface area (Å²) in [6.07, 6.45) is 8.43. The molecule has 20 heavy (non-hydrogen) atoms. The molecular weight excluding hydrogens is 250 g/mol. The van der Waals surface area contributed by atoms with Crippen molar-refractivity contribution in [2.45, 2.75) is 44.9 Å². The minimum Gasteiger partial charge on any atom is -0.490 e. The Morgan fingerprint density at radius 3 is 2.85 bits per heavy atom. The molecule has 1 aromatic rings. The van der Waals surface area contributed by atoms with Gasteiger partial charge < -0.3 is 9.64 Å². The lowest BCUT2D eigenvalue weighted by atomic mass is 9.86. The number of rotatable bonds is 3. The van der Waals surface area contributed by atoms with Crippen molar-refractivity contribution in [2.24, 2.45) is 5.92 Å². The van der Waals surface area contributed by atoms with E-state index in [1.54, 1.807) is 0 Å². The molecule has 1 aliphatic heterocycles. The van der Waals surface area contributed by atoms with Crippen molar-refractivity contribution in [3.8, 4) is 5.75 Å². The quantitative estimate of drug-likeness (QED) is 0.839. The zero-order chi connectivity index (χ0) is 13.8. The summed E-state index contributed by atoms with van der Waals surface area (Å²) < 4.78 is 5.60. The molecule has 0 bridgehead atoms. The maximum atomic E-state index is 12.5. The Balaban J connectivity index is 1.60. The first-order chi connectivity index (χ1) is 9.84. The van der Waals surface area contributed by atoms with Gasteiger partial charge in [-0.1, -0.05) is 44.2 Å². The number of fused-ring (bicyclic) bond motifs is 1. The van der Waals surface area contributed by atoms with Gasteiger partial charge in [0.25, 0.3) is 0 Å². The van der Waals surface area contributed by atoms with Gasteiger partial charge in [-0.25, -0.2) is 0 Å². The van der Waals surface area contributed by atoms with Crippen LogP contribution in [0.25, 0.3) is 0 Å². The Bertz CT molecular complexity index is 466. The molecule has 1 saturated carbocycles. The first-order valence-corrected chi connectivity index (χ1v) is 7.87. The third kappa shape index (κ3) is 2.97. The number of amides is 1. The van der Waals surface area contributed by atoms with E-state index in [1.165, 1.54) is 32.1 Å². The number of anilines is 1. The molecule has 0 spiro atoms. The van der Waals surface area contributed by atoms with Crippen molar-refractivity contribution in [3.63, 3.8) is 0 Å². The van der Waals surface area contributed by atoms with Crippen LogP contribution in [0.2, 0.25) is 0 Å². The molecule has 0 unspecified atom stereocenters. The largest absolute Gasteiger partial charge is 0.490 e. The van der Waals surface area contributed by atoms with Crippen LogP contribution in [0.1, 0.15) is 44.9 Å². The number of hydrogen-bond donors (Lipinski definition) is 0. The van der Waals surface area contributed by atoms with Crippen LogP contribution in [0.5, 0.6) is 5.75 Å². The molecule has 1 amide bonds. The van der Waals surface area contributed by atoms with Crippen LogP contribution in [0.15, 0.2) is 24.3 Å². The van der Waals surface area contributed by atoms with Crippen molar-refractivity contribution in [1.29, 1.82) is 0 Å². The number of benzene rings is 1. The predicted octanol–water partition coefficient (Wildman–Crippen LogP) is 3.77. The Morgan fingerprint density at radius 1 is 1.20 bits per heavy atom. The number of nitrogens with zero attached hydrogens (tertiary/aromatic N) is 1. The zero-order valence-electron chi connectivity index (χ0n) is 12.0. The molecule has 0 atom stereocenters.